The van der Waals surface area contributed by atoms with Gasteiger partial charge in [0.2, 0.25) is 0 Å². The number of carbonyl (C=O) groups excluding carboxylic acids is 1. The fourth-order valence-electron chi connectivity index (χ4n) is 0.863. The van der Waals surface area contributed by atoms with E-state index >= 15 is 0 Å². The zero-order valence-electron chi connectivity index (χ0n) is 8.58. The number of carbonyl (C=O) groups is 1. The van der Waals surface area contributed by atoms with Crippen LogP contribution in [0.5, 0.6) is 0 Å². The first-order chi connectivity index (χ1) is 6.20. The molecule has 1 atom stereocenters. The van der Waals surface area contributed by atoms with Gasteiger partial charge in [0.05, 0.1) is 25.5 Å². The first-order valence-electron chi connectivity index (χ1n) is 4.46. The number of nitrogens with zero attached hydrogens (tertiary/aromatic N) is 1. The Hall–Kier alpha value is -0.790. The van der Waals surface area contributed by atoms with Crippen LogP contribution < -0.4 is 5.32 Å². The number of hydrogen-bond acceptors (Lipinski definition) is 4. The number of ether oxygens (including phenoxy) is 1. The molecule has 82 valence electrons. The van der Waals surface area contributed by atoms with Crippen molar-refractivity contribution in [1.82, 2.24) is 5.32 Å². The van der Waals surface area contributed by atoms with Gasteiger partial charge in [0.25, 0.3) is 0 Å². The van der Waals surface area contributed by atoms with Gasteiger partial charge in [-0.2, -0.15) is 5.26 Å². The highest BCUT2D eigenvalue weighted by Crippen LogP contribution is 1.89. The highest BCUT2D eigenvalue weighted by atomic mass is 35.5. The molecule has 0 fully saturated rings. The van der Waals surface area contributed by atoms with Crippen molar-refractivity contribution in [1.29, 1.82) is 5.26 Å². The van der Waals surface area contributed by atoms with E-state index in [1.54, 1.807) is 6.92 Å². The van der Waals surface area contributed by atoms with Crippen molar-refractivity contribution >= 4 is 18.4 Å². The van der Waals surface area contributed by atoms with Crippen molar-refractivity contribution in [3.63, 3.8) is 0 Å². The average molecular weight is 221 g/mol. The van der Waals surface area contributed by atoms with E-state index in [9.17, 15) is 4.79 Å². The molecule has 4 nitrogen and oxygen atoms in total. The summed E-state index contributed by atoms with van der Waals surface area (Å²) in [5.41, 5.74) is 0. The molecule has 0 aromatic heterocycles. The number of nitriles is 1. The average Bonchev–Trinajstić information content (AvgIpc) is 2.05. The first kappa shape index (κ1) is 15.7. The van der Waals surface area contributed by atoms with E-state index in [4.69, 9.17) is 10.00 Å². The molecule has 0 heterocycles. The third kappa shape index (κ3) is 9.30. The van der Waals surface area contributed by atoms with Crippen LogP contribution >= 0.6 is 12.4 Å². The molecule has 1 N–H and O–H groups in total. The lowest BCUT2D eigenvalue weighted by Crippen LogP contribution is -2.28. The molecule has 0 aromatic carbocycles. The molecular formula is C9H17ClN2O2. The van der Waals surface area contributed by atoms with Gasteiger partial charge in [-0.1, -0.05) is 0 Å². The van der Waals surface area contributed by atoms with Gasteiger partial charge in [-0.3, -0.25) is 4.79 Å². The highest BCUT2D eigenvalue weighted by molar-refractivity contribution is 5.85. The Morgan fingerprint density at radius 2 is 2.29 bits per heavy atom. The van der Waals surface area contributed by atoms with Gasteiger partial charge in [-0.05, 0) is 13.8 Å². The Labute approximate surface area is 91.0 Å². The lowest BCUT2D eigenvalue weighted by atomic mass is 10.2. The molecule has 0 aliphatic carbocycles. The van der Waals surface area contributed by atoms with Gasteiger partial charge in [-0.25, -0.2) is 0 Å². The van der Waals surface area contributed by atoms with Crippen molar-refractivity contribution in [2.45, 2.75) is 32.7 Å². The van der Waals surface area contributed by atoms with E-state index in [-0.39, 0.29) is 24.4 Å². The lowest BCUT2D eigenvalue weighted by molar-refractivity contribution is -0.142. The fraction of sp³-hybridized carbons (Fsp3) is 0.778. The maximum absolute atomic E-state index is 10.9. The lowest BCUT2D eigenvalue weighted by Gasteiger charge is -2.08. The molecule has 0 aliphatic rings. The Kier molecular flexibility index (Phi) is 11.5. The first-order valence-corrected chi connectivity index (χ1v) is 4.46. The minimum absolute atomic E-state index is 0. The molecule has 0 spiro atoms. The summed E-state index contributed by atoms with van der Waals surface area (Å²) in [5.74, 6) is -0.195. The second kappa shape index (κ2) is 10.3. The van der Waals surface area contributed by atoms with E-state index < -0.39 is 0 Å². The molecule has 14 heavy (non-hydrogen) atoms. The second-order valence-corrected chi connectivity index (χ2v) is 2.77. The summed E-state index contributed by atoms with van der Waals surface area (Å²) < 4.78 is 4.74. The molecule has 0 saturated heterocycles. The molecule has 0 rings (SSSR count). The molecule has 0 amide bonds. The Bertz CT molecular complexity index is 192. The molecule has 0 aliphatic heterocycles. The number of hydrogen-bond donors (Lipinski definition) is 1. The van der Waals surface area contributed by atoms with Crippen LogP contribution in [0.25, 0.3) is 0 Å². The smallest absolute Gasteiger partial charge is 0.307 e. The molecule has 0 radical (unpaired) electrons. The van der Waals surface area contributed by atoms with Gasteiger partial charge >= 0.3 is 5.97 Å². The van der Waals surface area contributed by atoms with E-state index in [1.165, 1.54) is 0 Å². The van der Waals surface area contributed by atoms with E-state index in [1.807, 2.05) is 6.92 Å². The minimum atomic E-state index is -0.195. The molecule has 0 saturated carbocycles. The van der Waals surface area contributed by atoms with Crippen molar-refractivity contribution in [3.8, 4) is 6.07 Å². The monoisotopic (exact) mass is 220 g/mol. The van der Waals surface area contributed by atoms with Crippen LogP contribution in [0.3, 0.4) is 0 Å². The van der Waals surface area contributed by atoms with E-state index in [0.29, 0.717) is 26.0 Å². The van der Waals surface area contributed by atoms with Crippen molar-refractivity contribution in [2.24, 2.45) is 0 Å². The maximum Gasteiger partial charge on any atom is 0.307 e. The Morgan fingerprint density at radius 1 is 1.64 bits per heavy atom. The number of rotatable bonds is 6. The summed E-state index contributed by atoms with van der Waals surface area (Å²) in [6.45, 7) is 4.69. The largest absolute Gasteiger partial charge is 0.466 e. The SMILES string of the molecule is CCOC(=O)CCN[C@@H](C)CC#N.Cl. The van der Waals surface area contributed by atoms with Gasteiger partial charge < -0.3 is 10.1 Å². The number of esters is 1. The van der Waals surface area contributed by atoms with Crippen molar-refractivity contribution < 1.29 is 9.53 Å². The normalized spacial score (nSPS) is 10.9. The van der Waals surface area contributed by atoms with Crippen LogP contribution in [-0.2, 0) is 9.53 Å². The van der Waals surface area contributed by atoms with Crippen molar-refractivity contribution in [3.05, 3.63) is 0 Å². The fourth-order valence-corrected chi connectivity index (χ4v) is 0.863. The zero-order chi connectivity index (χ0) is 10.1. The van der Waals surface area contributed by atoms with Crippen LogP contribution in [0.2, 0.25) is 0 Å². The summed E-state index contributed by atoms with van der Waals surface area (Å²) in [5, 5.41) is 11.4. The van der Waals surface area contributed by atoms with Crippen LogP contribution in [0.15, 0.2) is 0 Å². The number of nitrogens with one attached hydrogen (secondary N) is 1. The van der Waals surface area contributed by atoms with Crippen LogP contribution in [0.1, 0.15) is 26.7 Å². The van der Waals surface area contributed by atoms with E-state index in [2.05, 4.69) is 11.4 Å². The van der Waals surface area contributed by atoms with Crippen molar-refractivity contribution in [2.75, 3.05) is 13.2 Å². The number of halogens is 1. The van der Waals surface area contributed by atoms with E-state index in [0.717, 1.165) is 0 Å². The Balaban J connectivity index is 0. The summed E-state index contributed by atoms with van der Waals surface area (Å²) >= 11 is 0. The predicted octanol–water partition coefficient (Wildman–Crippen LogP) is 1.25. The zero-order valence-corrected chi connectivity index (χ0v) is 9.39. The standard InChI is InChI=1S/C9H16N2O2.ClH/c1-3-13-9(12)5-7-11-8(2)4-6-10;/h8,11H,3-5,7H2,1-2H3;1H/t8-;/m0./s1. The maximum atomic E-state index is 10.9. The van der Waals surface area contributed by atoms with Crippen LogP contribution in [-0.4, -0.2) is 25.2 Å². The minimum Gasteiger partial charge on any atom is -0.466 e. The quantitative estimate of drug-likeness (QED) is 0.685. The molecule has 5 heteroatoms. The second-order valence-electron chi connectivity index (χ2n) is 2.77. The summed E-state index contributed by atoms with van der Waals surface area (Å²) in [6, 6.07) is 2.19. The Morgan fingerprint density at radius 3 is 2.79 bits per heavy atom. The molecule has 0 unspecified atom stereocenters. The third-order valence-electron chi connectivity index (χ3n) is 1.52. The van der Waals surface area contributed by atoms with Gasteiger partial charge in [0.15, 0.2) is 0 Å². The summed E-state index contributed by atoms with van der Waals surface area (Å²) in [7, 11) is 0. The molecule has 0 aromatic rings. The molecular weight excluding hydrogens is 204 g/mol. The van der Waals surface area contributed by atoms with Crippen LogP contribution in [0.4, 0.5) is 0 Å². The summed E-state index contributed by atoms with van der Waals surface area (Å²) in [6.07, 6.45) is 0.826. The van der Waals surface area contributed by atoms with Gasteiger partial charge in [0, 0.05) is 12.6 Å². The molecule has 0 bridgehead atoms. The van der Waals surface area contributed by atoms with Gasteiger partial charge in [0.1, 0.15) is 0 Å². The van der Waals surface area contributed by atoms with Gasteiger partial charge in [-0.15, -0.1) is 12.4 Å². The third-order valence-corrected chi connectivity index (χ3v) is 1.52. The topological polar surface area (TPSA) is 62.1 Å². The predicted molar refractivity (Wildman–Crippen MR) is 56.2 cm³/mol. The highest BCUT2D eigenvalue weighted by Gasteiger charge is 2.03. The van der Waals surface area contributed by atoms with Crippen LogP contribution in [0, 0.1) is 11.3 Å². The summed E-state index contributed by atoms with van der Waals surface area (Å²) in [4.78, 5) is 10.9.